The maximum absolute atomic E-state index is 12.5. The molecule has 0 spiro atoms. The highest BCUT2D eigenvalue weighted by Crippen LogP contribution is 2.40. The molecule has 2 N–H and O–H groups in total. The van der Waals surface area contributed by atoms with E-state index in [4.69, 9.17) is 9.15 Å². The molecule has 0 radical (unpaired) electrons. The van der Waals surface area contributed by atoms with Crippen molar-refractivity contribution >= 4 is 28.4 Å². The standard InChI is InChI=1S/C24H31NO5/c1-5-6-10-19(24(27)28)25-21(26)12-14(2)17-13-18-16-9-7-8-11-20(16)30-23(18)15(3)22(17)29-4/h12-13,19H,5-11H2,1-4H3,(H,25,26)(H,27,28)/b14-12+. The Morgan fingerprint density at radius 3 is 2.73 bits per heavy atom. The SMILES string of the molecule is CCCCC(NC(=O)/C=C(\C)c1cc2c3c(oc2c(C)c1OC)CCCC3)C(=O)O. The molecule has 0 aliphatic heterocycles. The van der Waals surface area contributed by atoms with Gasteiger partial charge in [-0.3, -0.25) is 4.79 Å². The molecule has 1 atom stereocenters. The minimum atomic E-state index is -1.01. The lowest BCUT2D eigenvalue weighted by Gasteiger charge is -2.15. The van der Waals surface area contributed by atoms with Crippen LogP contribution in [0.1, 0.15) is 68.4 Å². The summed E-state index contributed by atoms with van der Waals surface area (Å²) in [6, 6.07) is 1.16. The molecule has 6 nitrogen and oxygen atoms in total. The number of unbranched alkanes of at least 4 members (excludes halogenated alkanes) is 1. The van der Waals surface area contributed by atoms with Gasteiger partial charge in [-0.15, -0.1) is 0 Å². The van der Waals surface area contributed by atoms with Gasteiger partial charge >= 0.3 is 5.97 Å². The number of aryl methyl sites for hydroxylation is 3. The smallest absolute Gasteiger partial charge is 0.326 e. The minimum Gasteiger partial charge on any atom is -0.496 e. The fourth-order valence-electron chi connectivity index (χ4n) is 4.25. The number of rotatable bonds is 8. The molecule has 0 saturated carbocycles. The van der Waals surface area contributed by atoms with Crippen LogP contribution in [0, 0.1) is 6.92 Å². The molecule has 1 aliphatic carbocycles. The molecule has 6 heteroatoms. The molecule has 3 rings (SSSR count). The molecule has 1 aromatic carbocycles. The Morgan fingerprint density at radius 1 is 1.33 bits per heavy atom. The lowest BCUT2D eigenvalue weighted by Crippen LogP contribution is -2.40. The van der Waals surface area contributed by atoms with Gasteiger partial charge in [0, 0.05) is 34.6 Å². The van der Waals surface area contributed by atoms with Crippen molar-refractivity contribution < 1.29 is 23.8 Å². The molecule has 0 bridgehead atoms. The van der Waals surface area contributed by atoms with Crippen LogP contribution in [0.2, 0.25) is 0 Å². The van der Waals surface area contributed by atoms with Crippen LogP contribution in [-0.2, 0) is 22.4 Å². The topological polar surface area (TPSA) is 88.8 Å². The molecule has 162 valence electrons. The zero-order valence-electron chi connectivity index (χ0n) is 18.3. The van der Waals surface area contributed by atoms with Crippen molar-refractivity contribution in [3.8, 4) is 5.75 Å². The van der Waals surface area contributed by atoms with Gasteiger partial charge in [0.2, 0.25) is 5.91 Å². The highest BCUT2D eigenvalue weighted by atomic mass is 16.5. The number of hydrogen-bond donors (Lipinski definition) is 2. The number of carbonyl (C=O) groups is 2. The summed E-state index contributed by atoms with van der Waals surface area (Å²) in [5.41, 5.74) is 4.57. The van der Waals surface area contributed by atoms with E-state index in [-0.39, 0.29) is 0 Å². The number of carboxylic acids is 1. The van der Waals surface area contributed by atoms with Crippen molar-refractivity contribution in [2.24, 2.45) is 0 Å². The first kappa shape index (κ1) is 21.9. The molecule has 2 aromatic rings. The third-order valence-corrected chi connectivity index (χ3v) is 5.86. The first-order chi connectivity index (χ1) is 14.4. The number of carboxylic acid groups (broad SMARTS) is 1. The van der Waals surface area contributed by atoms with E-state index in [0.29, 0.717) is 12.2 Å². The fourth-order valence-corrected chi connectivity index (χ4v) is 4.25. The molecular formula is C24H31NO5. The van der Waals surface area contributed by atoms with Gasteiger partial charge in [0.25, 0.3) is 0 Å². The van der Waals surface area contributed by atoms with Gasteiger partial charge in [0.15, 0.2) is 0 Å². The number of ether oxygens (including phenoxy) is 1. The molecular weight excluding hydrogens is 382 g/mol. The largest absolute Gasteiger partial charge is 0.496 e. The van der Waals surface area contributed by atoms with E-state index in [1.54, 1.807) is 7.11 Å². The average molecular weight is 414 g/mol. The van der Waals surface area contributed by atoms with E-state index < -0.39 is 17.9 Å². The number of methoxy groups -OCH3 is 1. The highest BCUT2D eigenvalue weighted by molar-refractivity contribution is 5.99. The van der Waals surface area contributed by atoms with Crippen molar-refractivity contribution in [2.75, 3.05) is 7.11 Å². The number of carbonyl (C=O) groups excluding carboxylic acids is 1. The zero-order chi connectivity index (χ0) is 21.8. The predicted molar refractivity (Wildman–Crippen MR) is 117 cm³/mol. The van der Waals surface area contributed by atoms with Crippen molar-refractivity contribution in [3.05, 3.63) is 34.6 Å². The lowest BCUT2D eigenvalue weighted by molar-refractivity contribution is -0.141. The Balaban J connectivity index is 1.96. The first-order valence-corrected chi connectivity index (χ1v) is 10.7. The van der Waals surface area contributed by atoms with Crippen LogP contribution in [-0.4, -0.2) is 30.1 Å². The fraction of sp³-hybridized carbons (Fsp3) is 0.500. The van der Waals surface area contributed by atoms with Crippen LogP contribution in [0.15, 0.2) is 16.6 Å². The summed E-state index contributed by atoms with van der Waals surface area (Å²) in [5.74, 6) is 0.307. The van der Waals surface area contributed by atoms with E-state index in [2.05, 4.69) is 5.32 Å². The third-order valence-electron chi connectivity index (χ3n) is 5.86. The summed E-state index contributed by atoms with van der Waals surface area (Å²) in [6.45, 7) is 5.80. The molecule has 0 fully saturated rings. The van der Waals surface area contributed by atoms with Gasteiger partial charge in [-0.25, -0.2) is 4.79 Å². The zero-order valence-corrected chi connectivity index (χ0v) is 18.3. The van der Waals surface area contributed by atoms with E-state index in [9.17, 15) is 14.7 Å². The molecule has 1 heterocycles. The van der Waals surface area contributed by atoms with Crippen LogP contribution in [0.25, 0.3) is 16.5 Å². The Labute approximate surface area is 177 Å². The number of furan rings is 1. The third kappa shape index (κ3) is 4.37. The lowest BCUT2D eigenvalue weighted by atomic mass is 9.93. The minimum absolute atomic E-state index is 0.412. The second-order valence-corrected chi connectivity index (χ2v) is 8.04. The number of benzene rings is 1. The Morgan fingerprint density at radius 2 is 2.07 bits per heavy atom. The summed E-state index contributed by atoms with van der Waals surface area (Å²) < 4.78 is 11.8. The van der Waals surface area contributed by atoms with E-state index >= 15 is 0 Å². The summed E-state index contributed by atoms with van der Waals surface area (Å²) in [6.07, 6.45) is 7.72. The van der Waals surface area contributed by atoms with Crippen LogP contribution in [0.4, 0.5) is 0 Å². The van der Waals surface area contributed by atoms with Crippen LogP contribution < -0.4 is 10.1 Å². The van der Waals surface area contributed by atoms with Gasteiger partial charge in [0.05, 0.1) is 7.11 Å². The van der Waals surface area contributed by atoms with Crippen molar-refractivity contribution in [3.63, 3.8) is 0 Å². The molecule has 1 aliphatic rings. The molecule has 30 heavy (non-hydrogen) atoms. The Kier molecular flexibility index (Phi) is 6.85. The maximum atomic E-state index is 12.5. The normalized spacial score (nSPS) is 15.0. The number of amides is 1. The highest BCUT2D eigenvalue weighted by Gasteiger charge is 2.23. The van der Waals surface area contributed by atoms with Crippen molar-refractivity contribution in [1.29, 1.82) is 0 Å². The number of aliphatic carboxylic acids is 1. The van der Waals surface area contributed by atoms with E-state index in [1.165, 1.54) is 11.6 Å². The predicted octanol–water partition coefficient (Wildman–Crippen LogP) is 4.79. The number of nitrogens with one attached hydrogen (secondary N) is 1. The van der Waals surface area contributed by atoms with E-state index in [1.807, 2.05) is 26.8 Å². The summed E-state index contributed by atoms with van der Waals surface area (Å²) in [7, 11) is 1.61. The quantitative estimate of drug-likeness (QED) is 0.607. The van der Waals surface area contributed by atoms with E-state index in [0.717, 1.165) is 72.0 Å². The van der Waals surface area contributed by atoms with Gasteiger partial charge in [0.1, 0.15) is 23.1 Å². The van der Waals surface area contributed by atoms with Gasteiger partial charge in [-0.2, -0.15) is 0 Å². The van der Waals surface area contributed by atoms with Gasteiger partial charge < -0.3 is 19.6 Å². The second-order valence-electron chi connectivity index (χ2n) is 8.04. The van der Waals surface area contributed by atoms with Crippen LogP contribution in [0.5, 0.6) is 5.75 Å². The summed E-state index contributed by atoms with van der Waals surface area (Å²) >= 11 is 0. The second kappa shape index (κ2) is 9.37. The van der Waals surface area contributed by atoms with Crippen molar-refractivity contribution in [1.82, 2.24) is 5.32 Å². The summed E-state index contributed by atoms with van der Waals surface area (Å²) in [4.78, 5) is 24.0. The molecule has 1 unspecified atom stereocenters. The maximum Gasteiger partial charge on any atom is 0.326 e. The van der Waals surface area contributed by atoms with Crippen molar-refractivity contribution in [2.45, 2.75) is 71.8 Å². The summed E-state index contributed by atoms with van der Waals surface area (Å²) in [5, 5.41) is 13.1. The molecule has 1 aromatic heterocycles. The molecule has 0 saturated heterocycles. The van der Waals surface area contributed by atoms with Gasteiger partial charge in [-0.1, -0.05) is 19.8 Å². The molecule has 1 amide bonds. The average Bonchev–Trinajstić information content (AvgIpc) is 3.09. The van der Waals surface area contributed by atoms with Crippen LogP contribution >= 0.6 is 0 Å². The van der Waals surface area contributed by atoms with Gasteiger partial charge in [-0.05, 0) is 51.2 Å². The number of hydrogen-bond acceptors (Lipinski definition) is 4. The first-order valence-electron chi connectivity index (χ1n) is 10.7. The van der Waals surface area contributed by atoms with Crippen LogP contribution in [0.3, 0.4) is 0 Å². The Bertz CT molecular complexity index is 985. The monoisotopic (exact) mass is 413 g/mol. The number of fused-ring (bicyclic) bond motifs is 3. The Hall–Kier alpha value is -2.76. The number of allylic oxidation sites excluding steroid dienone is 1.